The van der Waals surface area contributed by atoms with Crippen LogP contribution in [0.3, 0.4) is 0 Å². The van der Waals surface area contributed by atoms with Gasteiger partial charge in [0.25, 0.3) is 0 Å². The highest BCUT2D eigenvalue weighted by atomic mass is 32.2. The maximum Gasteiger partial charge on any atom is 0.237 e. The number of ketones is 1. The first-order chi connectivity index (χ1) is 9.28. The Balaban J connectivity index is 1.85. The van der Waals surface area contributed by atoms with E-state index in [-0.39, 0.29) is 11.7 Å². The summed E-state index contributed by atoms with van der Waals surface area (Å²) in [5.74, 6) is 1.05. The Bertz CT molecular complexity index is 592. The Labute approximate surface area is 115 Å². The van der Waals surface area contributed by atoms with E-state index in [1.54, 1.807) is 11.8 Å². The molecule has 1 saturated carbocycles. The maximum atomic E-state index is 11.7. The van der Waals surface area contributed by atoms with Crippen LogP contribution in [-0.2, 0) is 4.79 Å². The molecule has 98 valence electrons. The van der Waals surface area contributed by atoms with Crippen molar-refractivity contribution in [1.29, 1.82) is 0 Å². The second-order valence-electron chi connectivity index (χ2n) is 4.60. The first kappa shape index (κ1) is 12.4. The molecule has 1 heterocycles. The van der Waals surface area contributed by atoms with E-state index >= 15 is 0 Å². The van der Waals surface area contributed by atoms with Gasteiger partial charge in [0, 0.05) is 16.9 Å². The van der Waals surface area contributed by atoms with Crippen LogP contribution < -0.4 is 0 Å². The molecule has 2 aromatic rings. The van der Waals surface area contributed by atoms with Crippen LogP contribution in [0.5, 0.6) is 0 Å². The third-order valence-corrected chi connectivity index (χ3v) is 4.14. The lowest BCUT2D eigenvalue weighted by Gasteiger charge is -1.99. The normalized spacial score (nSPS) is 19.0. The van der Waals surface area contributed by atoms with Gasteiger partial charge in [-0.3, -0.25) is 4.79 Å². The number of thioether (sulfide) groups is 1. The Morgan fingerprint density at radius 2 is 2.11 bits per heavy atom. The average Bonchev–Trinajstić information content (AvgIpc) is 3.07. The van der Waals surface area contributed by atoms with Gasteiger partial charge >= 0.3 is 0 Å². The van der Waals surface area contributed by atoms with Gasteiger partial charge in [-0.05, 0) is 43.4 Å². The van der Waals surface area contributed by atoms with Crippen LogP contribution in [0, 0.1) is 0 Å². The van der Waals surface area contributed by atoms with E-state index in [1.807, 2.05) is 30.5 Å². The lowest BCUT2D eigenvalue weighted by atomic mass is 10.1. The molecule has 19 heavy (non-hydrogen) atoms. The Hall–Kier alpha value is -1.62. The van der Waals surface area contributed by atoms with Gasteiger partial charge in [0.15, 0.2) is 0 Å². The topological polar surface area (TPSA) is 56.0 Å². The molecule has 1 aliphatic carbocycles. The fraction of sp³-hybridized carbons (Fsp3) is 0.357. The van der Waals surface area contributed by atoms with E-state index < -0.39 is 0 Å². The van der Waals surface area contributed by atoms with Gasteiger partial charge in [-0.15, -0.1) is 11.8 Å². The fourth-order valence-electron chi connectivity index (χ4n) is 2.31. The molecule has 0 amide bonds. The Morgan fingerprint density at radius 3 is 2.74 bits per heavy atom. The predicted molar refractivity (Wildman–Crippen MR) is 73.1 cm³/mol. The fourth-order valence-corrected chi connectivity index (χ4v) is 2.72. The minimum atomic E-state index is -0.188. The molecule has 0 bridgehead atoms. The van der Waals surface area contributed by atoms with Crippen molar-refractivity contribution < 1.29 is 9.32 Å². The number of aromatic nitrogens is 2. The van der Waals surface area contributed by atoms with Crippen molar-refractivity contribution in [3.05, 3.63) is 30.2 Å². The summed E-state index contributed by atoms with van der Waals surface area (Å²) in [7, 11) is 0. The van der Waals surface area contributed by atoms with Gasteiger partial charge in [-0.2, -0.15) is 4.98 Å². The van der Waals surface area contributed by atoms with Gasteiger partial charge in [0.2, 0.25) is 11.7 Å². The van der Waals surface area contributed by atoms with Crippen molar-refractivity contribution in [2.45, 2.75) is 30.1 Å². The number of rotatable bonds is 3. The summed E-state index contributed by atoms with van der Waals surface area (Å²) in [5, 5.41) is 3.98. The molecule has 4 nitrogen and oxygen atoms in total. The van der Waals surface area contributed by atoms with Gasteiger partial charge in [-0.25, -0.2) is 0 Å². The van der Waals surface area contributed by atoms with E-state index in [2.05, 4.69) is 10.1 Å². The molecular formula is C14H14N2O2S. The minimum Gasteiger partial charge on any atom is -0.338 e. The summed E-state index contributed by atoms with van der Waals surface area (Å²) in [5.41, 5.74) is 0.915. The Morgan fingerprint density at radius 1 is 1.32 bits per heavy atom. The molecule has 1 aromatic carbocycles. The van der Waals surface area contributed by atoms with Crippen LogP contribution in [0.2, 0.25) is 0 Å². The zero-order valence-electron chi connectivity index (χ0n) is 10.6. The summed E-state index contributed by atoms with van der Waals surface area (Å²) >= 11 is 1.69. The minimum absolute atomic E-state index is 0.188. The van der Waals surface area contributed by atoms with Crippen molar-refractivity contribution in [1.82, 2.24) is 10.1 Å². The largest absolute Gasteiger partial charge is 0.338 e. The summed E-state index contributed by atoms with van der Waals surface area (Å²) < 4.78 is 5.24. The third kappa shape index (κ3) is 2.42. The molecule has 3 rings (SSSR count). The van der Waals surface area contributed by atoms with Gasteiger partial charge in [0.05, 0.1) is 5.92 Å². The van der Waals surface area contributed by atoms with Crippen molar-refractivity contribution >= 4 is 17.5 Å². The second kappa shape index (κ2) is 5.17. The van der Waals surface area contributed by atoms with Crippen LogP contribution in [-0.4, -0.2) is 22.2 Å². The number of hydrogen-bond acceptors (Lipinski definition) is 5. The average molecular weight is 274 g/mol. The summed E-state index contributed by atoms with van der Waals surface area (Å²) in [6, 6.07) is 7.99. The summed E-state index contributed by atoms with van der Waals surface area (Å²) in [6.45, 7) is 0. The second-order valence-corrected chi connectivity index (χ2v) is 5.48. The summed E-state index contributed by atoms with van der Waals surface area (Å²) in [6.07, 6.45) is 4.41. The first-order valence-electron chi connectivity index (χ1n) is 6.28. The number of carbonyl (C=O) groups is 1. The molecule has 0 aliphatic heterocycles. The molecule has 1 fully saturated rings. The molecule has 1 unspecified atom stereocenters. The highest BCUT2D eigenvalue weighted by Gasteiger charge is 2.30. The maximum absolute atomic E-state index is 11.7. The smallest absolute Gasteiger partial charge is 0.237 e. The highest BCUT2D eigenvalue weighted by molar-refractivity contribution is 7.98. The quantitative estimate of drug-likeness (QED) is 0.804. The van der Waals surface area contributed by atoms with Crippen molar-refractivity contribution in [3.63, 3.8) is 0 Å². The Kier molecular flexibility index (Phi) is 3.38. The van der Waals surface area contributed by atoms with Crippen LogP contribution >= 0.6 is 11.8 Å². The molecule has 1 aromatic heterocycles. The number of carbonyl (C=O) groups excluding carboxylic acids is 1. The van der Waals surface area contributed by atoms with Crippen molar-refractivity contribution in [3.8, 4) is 11.4 Å². The number of nitrogens with zero attached hydrogens (tertiary/aromatic N) is 2. The lowest BCUT2D eigenvalue weighted by Crippen LogP contribution is -2.04. The zero-order chi connectivity index (χ0) is 13.2. The van der Waals surface area contributed by atoms with Gasteiger partial charge in [-0.1, -0.05) is 5.16 Å². The van der Waals surface area contributed by atoms with Crippen LogP contribution in [0.1, 0.15) is 31.1 Å². The molecule has 1 aliphatic rings. The van der Waals surface area contributed by atoms with E-state index in [9.17, 15) is 4.79 Å². The van der Waals surface area contributed by atoms with E-state index in [4.69, 9.17) is 4.52 Å². The first-order valence-corrected chi connectivity index (χ1v) is 7.51. The zero-order valence-corrected chi connectivity index (χ0v) is 11.4. The predicted octanol–water partition coefficient (Wildman–Crippen LogP) is 3.30. The lowest BCUT2D eigenvalue weighted by molar-refractivity contribution is -0.119. The molecular weight excluding hydrogens is 260 g/mol. The standard InChI is InChI=1S/C14H14N2O2S/c1-19-10-7-5-9(6-8-10)13-15-14(18-16-13)11-3-2-4-12(11)17/h5-8,11H,2-4H2,1H3. The van der Waals surface area contributed by atoms with Crippen LogP contribution in [0.4, 0.5) is 0 Å². The van der Waals surface area contributed by atoms with E-state index in [1.165, 1.54) is 4.90 Å². The van der Waals surface area contributed by atoms with Crippen molar-refractivity contribution in [2.75, 3.05) is 6.26 Å². The van der Waals surface area contributed by atoms with Crippen LogP contribution in [0.25, 0.3) is 11.4 Å². The monoisotopic (exact) mass is 274 g/mol. The summed E-state index contributed by atoms with van der Waals surface area (Å²) in [4.78, 5) is 17.2. The van der Waals surface area contributed by atoms with Gasteiger partial charge in [0.1, 0.15) is 5.78 Å². The van der Waals surface area contributed by atoms with Crippen LogP contribution in [0.15, 0.2) is 33.7 Å². The number of hydrogen-bond donors (Lipinski definition) is 0. The molecule has 0 saturated heterocycles. The molecule has 0 radical (unpaired) electrons. The third-order valence-electron chi connectivity index (χ3n) is 3.39. The number of benzene rings is 1. The molecule has 0 spiro atoms. The van der Waals surface area contributed by atoms with Crippen molar-refractivity contribution in [2.24, 2.45) is 0 Å². The van der Waals surface area contributed by atoms with E-state index in [0.717, 1.165) is 18.4 Å². The molecule has 5 heteroatoms. The molecule has 0 N–H and O–H groups in total. The molecule has 1 atom stereocenters. The van der Waals surface area contributed by atoms with E-state index in [0.29, 0.717) is 18.1 Å². The number of Topliss-reactive ketones (excluding diaryl/α,β-unsaturated/α-hetero) is 1. The highest BCUT2D eigenvalue weighted by Crippen LogP contribution is 2.31. The SMILES string of the molecule is CSc1ccc(-c2noc(C3CCCC3=O)n2)cc1. The van der Waals surface area contributed by atoms with Gasteiger partial charge < -0.3 is 4.52 Å².